The molecule has 6 heteroatoms. The van der Waals surface area contributed by atoms with E-state index in [-0.39, 0.29) is 0 Å². The van der Waals surface area contributed by atoms with Crippen LogP contribution in [0.4, 0.5) is 0 Å². The molecule has 0 spiro atoms. The summed E-state index contributed by atoms with van der Waals surface area (Å²) in [6, 6.07) is 1.54. The van der Waals surface area contributed by atoms with Crippen molar-refractivity contribution in [1.82, 2.24) is 15.5 Å². The highest BCUT2D eigenvalue weighted by Crippen LogP contribution is 2.23. The molecule has 1 rings (SSSR count). The van der Waals surface area contributed by atoms with Crippen LogP contribution in [0.25, 0.3) is 0 Å². The van der Waals surface area contributed by atoms with Crippen molar-refractivity contribution in [1.29, 1.82) is 0 Å². The van der Waals surface area contributed by atoms with Gasteiger partial charge >= 0.3 is 0 Å². The highest BCUT2D eigenvalue weighted by molar-refractivity contribution is 7.85. The van der Waals surface area contributed by atoms with Crippen LogP contribution < -0.4 is 10.6 Å². The molecular weight excluding hydrogens is 344 g/mol. The van der Waals surface area contributed by atoms with E-state index < -0.39 is 10.8 Å². The summed E-state index contributed by atoms with van der Waals surface area (Å²) in [6.07, 6.45) is 5.48. The van der Waals surface area contributed by atoms with Crippen LogP contribution in [0.2, 0.25) is 0 Å². The Labute approximate surface area is 164 Å². The molecule has 1 fully saturated rings. The van der Waals surface area contributed by atoms with E-state index in [4.69, 9.17) is 4.99 Å². The number of guanidine groups is 1. The van der Waals surface area contributed by atoms with Crippen LogP contribution >= 0.6 is 0 Å². The van der Waals surface area contributed by atoms with Gasteiger partial charge in [0.2, 0.25) is 0 Å². The van der Waals surface area contributed by atoms with E-state index in [1.165, 1.54) is 0 Å². The van der Waals surface area contributed by atoms with Gasteiger partial charge in [0.1, 0.15) is 0 Å². The largest absolute Gasteiger partial charge is 0.357 e. The van der Waals surface area contributed by atoms with Crippen LogP contribution in [0.5, 0.6) is 0 Å². The molecule has 1 aliphatic rings. The van der Waals surface area contributed by atoms with E-state index in [1.54, 1.807) is 0 Å². The summed E-state index contributed by atoms with van der Waals surface area (Å²) in [4.78, 5) is 7.30. The van der Waals surface area contributed by atoms with E-state index in [1.807, 2.05) is 6.92 Å². The highest BCUT2D eigenvalue weighted by Gasteiger charge is 2.26. The molecule has 1 aliphatic carbocycles. The summed E-state index contributed by atoms with van der Waals surface area (Å²) in [7, 11) is -0.680. The van der Waals surface area contributed by atoms with Crippen molar-refractivity contribution in [2.75, 3.05) is 25.4 Å². The molecule has 0 radical (unpaired) electrons. The summed E-state index contributed by atoms with van der Waals surface area (Å²) in [5.41, 5.74) is 0. The summed E-state index contributed by atoms with van der Waals surface area (Å²) < 4.78 is 12.1. The van der Waals surface area contributed by atoms with Gasteiger partial charge in [-0.2, -0.15) is 0 Å². The molecule has 0 saturated heterocycles. The topological polar surface area (TPSA) is 56.7 Å². The normalized spacial score (nSPS) is 22.9. The molecule has 154 valence electrons. The molecule has 0 heterocycles. The third-order valence-corrected chi connectivity index (χ3v) is 6.88. The zero-order valence-corrected chi connectivity index (χ0v) is 18.7. The van der Waals surface area contributed by atoms with Gasteiger partial charge in [-0.3, -0.25) is 14.1 Å². The fourth-order valence-electron chi connectivity index (χ4n) is 3.82. The maximum absolute atomic E-state index is 12.1. The average molecular weight is 387 g/mol. The Bertz CT molecular complexity index is 432. The predicted molar refractivity (Wildman–Crippen MR) is 115 cm³/mol. The molecule has 3 unspecified atom stereocenters. The highest BCUT2D eigenvalue weighted by atomic mass is 32.2. The number of rotatable bonds is 10. The Hall–Kier alpha value is -0.620. The Morgan fingerprint density at radius 1 is 1.19 bits per heavy atom. The number of nitrogens with one attached hydrogen (secondary N) is 2. The van der Waals surface area contributed by atoms with Gasteiger partial charge in [0.25, 0.3) is 0 Å². The van der Waals surface area contributed by atoms with Crippen molar-refractivity contribution in [3.05, 3.63) is 0 Å². The van der Waals surface area contributed by atoms with E-state index in [9.17, 15) is 4.21 Å². The monoisotopic (exact) mass is 386 g/mol. The first kappa shape index (κ1) is 23.4. The minimum atomic E-state index is -0.680. The van der Waals surface area contributed by atoms with Gasteiger partial charge in [-0.15, -0.1) is 0 Å². The zero-order chi connectivity index (χ0) is 19.5. The molecule has 1 saturated carbocycles. The summed E-state index contributed by atoms with van der Waals surface area (Å²) in [6.45, 7) is 15.9. The first-order chi connectivity index (χ1) is 12.4. The second kappa shape index (κ2) is 12.7. The molecule has 0 aliphatic heterocycles. The minimum Gasteiger partial charge on any atom is -0.357 e. The first-order valence-corrected chi connectivity index (χ1v) is 11.9. The van der Waals surface area contributed by atoms with E-state index in [2.05, 4.69) is 50.2 Å². The maximum atomic E-state index is 12.1. The summed E-state index contributed by atoms with van der Waals surface area (Å²) in [5, 5.41) is 7.31. The molecule has 5 nitrogen and oxygen atoms in total. The molecule has 0 amide bonds. The lowest BCUT2D eigenvalue weighted by Gasteiger charge is -2.31. The first-order valence-electron chi connectivity index (χ1n) is 10.6. The summed E-state index contributed by atoms with van der Waals surface area (Å²) in [5.74, 6) is 1.69. The van der Waals surface area contributed by atoms with Crippen molar-refractivity contribution >= 4 is 16.8 Å². The third-order valence-electron chi connectivity index (χ3n) is 5.14. The van der Waals surface area contributed by atoms with Gasteiger partial charge in [0.15, 0.2) is 5.96 Å². The molecule has 26 heavy (non-hydrogen) atoms. The van der Waals surface area contributed by atoms with Crippen LogP contribution in [0.15, 0.2) is 4.99 Å². The molecular formula is C20H42N4OS. The van der Waals surface area contributed by atoms with Crippen molar-refractivity contribution in [3.8, 4) is 0 Å². The van der Waals surface area contributed by atoms with Gasteiger partial charge < -0.3 is 10.6 Å². The van der Waals surface area contributed by atoms with Gasteiger partial charge in [0, 0.05) is 59.6 Å². The number of aliphatic imine (C=N–C) groups is 1. The lowest BCUT2D eigenvalue weighted by Crippen LogP contribution is -2.46. The van der Waals surface area contributed by atoms with Crippen LogP contribution in [0.3, 0.4) is 0 Å². The van der Waals surface area contributed by atoms with Gasteiger partial charge in [-0.1, -0.05) is 13.3 Å². The quantitative estimate of drug-likeness (QED) is 0.344. The van der Waals surface area contributed by atoms with Crippen LogP contribution in [0, 0.1) is 0 Å². The smallest absolute Gasteiger partial charge is 0.191 e. The standard InChI is InChI=1S/C20H42N4OS/c1-7-21-20(22-13-10-14-24(16(3)4)17(5)6)23-18-11-9-12-19(15-18)26(25)8-2/h16-19H,7-15H2,1-6H3,(H2,21,22,23). The van der Waals surface area contributed by atoms with Crippen LogP contribution in [-0.4, -0.2) is 63.8 Å². The zero-order valence-electron chi connectivity index (χ0n) is 17.9. The predicted octanol–water partition coefficient (Wildman–Crippen LogP) is 3.13. The number of nitrogens with zero attached hydrogens (tertiary/aromatic N) is 2. The Morgan fingerprint density at radius 2 is 1.88 bits per heavy atom. The second-order valence-corrected chi connectivity index (χ2v) is 9.84. The second-order valence-electron chi connectivity index (χ2n) is 7.84. The Morgan fingerprint density at radius 3 is 2.46 bits per heavy atom. The molecule has 0 aromatic rings. The fraction of sp³-hybridized carbons (Fsp3) is 0.950. The third kappa shape index (κ3) is 8.38. The Kier molecular flexibility index (Phi) is 11.4. The average Bonchev–Trinajstić information content (AvgIpc) is 2.60. The van der Waals surface area contributed by atoms with E-state index in [0.717, 1.165) is 63.5 Å². The molecule has 0 bridgehead atoms. The molecule has 2 N–H and O–H groups in total. The van der Waals surface area contributed by atoms with E-state index in [0.29, 0.717) is 23.4 Å². The Balaban J connectivity index is 2.51. The molecule has 0 aromatic heterocycles. The van der Waals surface area contributed by atoms with Crippen molar-refractivity contribution in [3.63, 3.8) is 0 Å². The van der Waals surface area contributed by atoms with Crippen LogP contribution in [-0.2, 0) is 10.8 Å². The maximum Gasteiger partial charge on any atom is 0.191 e. The minimum absolute atomic E-state index is 0.347. The summed E-state index contributed by atoms with van der Waals surface area (Å²) >= 11 is 0. The van der Waals surface area contributed by atoms with Gasteiger partial charge in [-0.25, -0.2) is 0 Å². The molecule has 0 aromatic carbocycles. The fourth-order valence-corrected chi connectivity index (χ4v) is 5.17. The van der Waals surface area contributed by atoms with Crippen LogP contribution in [0.1, 0.15) is 73.6 Å². The number of hydrogen-bond donors (Lipinski definition) is 2. The van der Waals surface area contributed by atoms with Gasteiger partial charge in [0.05, 0.1) is 0 Å². The molecule has 3 atom stereocenters. The van der Waals surface area contributed by atoms with Crippen molar-refractivity contribution in [2.45, 2.75) is 97.0 Å². The lowest BCUT2D eigenvalue weighted by atomic mass is 9.95. The van der Waals surface area contributed by atoms with Gasteiger partial charge in [-0.05, 0) is 60.3 Å². The lowest BCUT2D eigenvalue weighted by molar-refractivity contribution is 0.174. The van der Waals surface area contributed by atoms with Crippen molar-refractivity contribution < 1.29 is 4.21 Å². The van der Waals surface area contributed by atoms with Crippen molar-refractivity contribution in [2.24, 2.45) is 4.99 Å². The number of hydrogen-bond acceptors (Lipinski definition) is 3. The SMILES string of the molecule is CCNC(=NCCCN(C(C)C)C(C)C)NC1CCCC(S(=O)CC)C1. The van der Waals surface area contributed by atoms with E-state index >= 15 is 0 Å².